The van der Waals surface area contributed by atoms with E-state index in [1.54, 1.807) is 0 Å². The molecule has 1 unspecified atom stereocenters. The van der Waals surface area contributed by atoms with E-state index >= 15 is 0 Å². The summed E-state index contributed by atoms with van der Waals surface area (Å²) in [4.78, 5) is 0. The molecule has 0 aromatic heterocycles. The highest BCUT2D eigenvalue weighted by atomic mass is 32.2. The molecule has 3 atom stereocenters. The first-order valence-electron chi connectivity index (χ1n) is 7.84. The highest BCUT2D eigenvalue weighted by molar-refractivity contribution is 7.84. The second-order valence-corrected chi connectivity index (χ2v) is 8.56. The number of rotatable bonds is 6. The third-order valence-electron chi connectivity index (χ3n) is 3.75. The average Bonchev–Trinajstić information content (AvgIpc) is 2.55. The number of benzene rings is 2. The molecule has 23 heavy (non-hydrogen) atoms. The lowest BCUT2D eigenvalue weighted by Crippen LogP contribution is -2.37. The molecule has 0 aliphatic rings. The minimum atomic E-state index is -1.16. The Hall–Kier alpha value is -1.71. The first-order valence-corrected chi connectivity index (χ1v) is 8.99. The standard InChI is InChI=1S/C20H25NOS/c1-5-18(16-12-8-6-9-13-16)19(17-14-10-7-11-15-17)21-23(22)20(2,3)4/h5-15,18-19,21H,1H2,2-4H3/t18-,19+,23?/m1/s1. The van der Waals surface area contributed by atoms with Crippen LogP contribution in [0, 0.1) is 0 Å². The molecular formula is C20H25NOS. The fraction of sp³-hybridized carbons (Fsp3) is 0.300. The quantitative estimate of drug-likeness (QED) is 0.762. The first-order chi connectivity index (χ1) is 10.9. The number of nitrogens with one attached hydrogen (secondary N) is 1. The molecule has 0 fully saturated rings. The molecule has 2 nitrogen and oxygen atoms in total. The zero-order chi connectivity index (χ0) is 16.9. The van der Waals surface area contributed by atoms with Gasteiger partial charge in [0.25, 0.3) is 0 Å². The maximum absolute atomic E-state index is 12.7. The van der Waals surface area contributed by atoms with E-state index in [1.165, 1.54) is 0 Å². The average molecular weight is 327 g/mol. The van der Waals surface area contributed by atoms with Crippen molar-refractivity contribution in [3.63, 3.8) is 0 Å². The van der Waals surface area contributed by atoms with Gasteiger partial charge in [0.15, 0.2) is 0 Å². The van der Waals surface area contributed by atoms with Gasteiger partial charge in [-0.2, -0.15) is 0 Å². The zero-order valence-corrected chi connectivity index (χ0v) is 14.8. The molecular weight excluding hydrogens is 302 g/mol. The van der Waals surface area contributed by atoms with Crippen LogP contribution in [0.3, 0.4) is 0 Å². The highest BCUT2D eigenvalue weighted by Gasteiger charge is 2.28. The van der Waals surface area contributed by atoms with E-state index < -0.39 is 11.0 Å². The van der Waals surface area contributed by atoms with Crippen molar-refractivity contribution in [1.29, 1.82) is 0 Å². The predicted octanol–water partition coefficient (Wildman–Crippen LogP) is 4.75. The van der Waals surface area contributed by atoms with Crippen LogP contribution in [0.5, 0.6) is 0 Å². The molecule has 1 N–H and O–H groups in total. The summed E-state index contributed by atoms with van der Waals surface area (Å²) in [6.45, 7) is 9.94. The lowest BCUT2D eigenvalue weighted by Gasteiger charge is -2.29. The van der Waals surface area contributed by atoms with Gasteiger partial charge in [-0.25, -0.2) is 8.93 Å². The second-order valence-electron chi connectivity index (χ2n) is 6.56. The maximum atomic E-state index is 12.7. The molecule has 0 spiro atoms. The van der Waals surface area contributed by atoms with E-state index in [0.29, 0.717) is 0 Å². The first kappa shape index (κ1) is 17.6. The van der Waals surface area contributed by atoms with Crippen LogP contribution in [0.15, 0.2) is 73.3 Å². The van der Waals surface area contributed by atoms with Crippen molar-refractivity contribution in [2.24, 2.45) is 0 Å². The van der Waals surface area contributed by atoms with Gasteiger partial charge in [-0.3, -0.25) is 0 Å². The molecule has 2 aromatic carbocycles. The minimum absolute atomic E-state index is 0.0462. The van der Waals surface area contributed by atoms with Crippen LogP contribution in [0.25, 0.3) is 0 Å². The molecule has 0 aliphatic heterocycles. The Labute approximate surface area is 142 Å². The molecule has 0 saturated carbocycles. The molecule has 2 rings (SSSR count). The van der Waals surface area contributed by atoms with Crippen LogP contribution in [-0.2, 0) is 11.0 Å². The third-order valence-corrected chi connectivity index (χ3v) is 5.33. The molecule has 122 valence electrons. The molecule has 0 aliphatic carbocycles. The normalized spacial score (nSPS) is 15.6. The summed E-state index contributed by atoms with van der Waals surface area (Å²) in [7, 11) is -1.16. The van der Waals surface area contributed by atoms with Crippen molar-refractivity contribution in [1.82, 2.24) is 4.72 Å². The summed E-state index contributed by atoms with van der Waals surface area (Å²) in [5, 5.41) is 0. The van der Waals surface area contributed by atoms with Crippen molar-refractivity contribution in [3.05, 3.63) is 84.4 Å². The molecule has 2 aromatic rings. The van der Waals surface area contributed by atoms with Crippen LogP contribution in [-0.4, -0.2) is 8.96 Å². The molecule has 0 radical (unpaired) electrons. The van der Waals surface area contributed by atoms with E-state index in [2.05, 4.69) is 35.6 Å². The van der Waals surface area contributed by atoms with E-state index in [0.717, 1.165) is 11.1 Å². The summed E-state index contributed by atoms with van der Waals surface area (Å²) in [5.74, 6) is 0.0462. The van der Waals surface area contributed by atoms with Crippen molar-refractivity contribution >= 4 is 11.0 Å². The topological polar surface area (TPSA) is 29.1 Å². The van der Waals surface area contributed by atoms with Crippen LogP contribution in [0.4, 0.5) is 0 Å². The van der Waals surface area contributed by atoms with Gasteiger partial charge in [0.05, 0.1) is 21.8 Å². The van der Waals surface area contributed by atoms with Crippen molar-refractivity contribution < 1.29 is 4.21 Å². The molecule has 0 amide bonds. The van der Waals surface area contributed by atoms with Gasteiger partial charge >= 0.3 is 0 Å². The Bertz CT molecular complexity index is 646. The monoisotopic (exact) mass is 327 g/mol. The third kappa shape index (κ3) is 4.63. The van der Waals surface area contributed by atoms with Gasteiger partial charge in [0.1, 0.15) is 0 Å². The molecule has 3 heteroatoms. The predicted molar refractivity (Wildman–Crippen MR) is 99.6 cm³/mol. The summed E-state index contributed by atoms with van der Waals surface area (Å²) in [5.41, 5.74) is 2.27. The largest absolute Gasteiger partial charge is 0.242 e. The summed E-state index contributed by atoms with van der Waals surface area (Å²) in [6.07, 6.45) is 1.93. The van der Waals surface area contributed by atoms with Gasteiger partial charge in [-0.1, -0.05) is 66.7 Å². The molecule has 0 saturated heterocycles. The smallest absolute Gasteiger partial charge is 0.0976 e. The van der Waals surface area contributed by atoms with Crippen LogP contribution in [0.2, 0.25) is 0 Å². The van der Waals surface area contributed by atoms with Crippen LogP contribution >= 0.6 is 0 Å². The second kappa shape index (κ2) is 7.71. The Morgan fingerprint density at radius 1 is 0.957 bits per heavy atom. The van der Waals surface area contributed by atoms with E-state index in [9.17, 15) is 4.21 Å². The fourth-order valence-corrected chi connectivity index (χ4v) is 3.31. The van der Waals surface area contributed by atoms with E-state index in [4.69, 9.17) is 0 Å². The SMILES string of the molecule is C=C[C@H](c1ccccc1)[C@@H](NS(=O)C(C)(C)C)c1ccccc1. The van der Waals surface area contributed by atoms with Crippen molar-refractivity contribution in [2.45, 2.75) is 37.5 Å². The Morgan fingerprint density at radius 2 is 1.43 bits per heavy atom. The number of hydrogen-bond donors (Lipinski definition) is 1. The lowest BCUT2D eigenvalue weighted by atomic mass is 9.88. The van der Waals surface area contributed by atoms with Crippen LogP contribution in [0.1, 0.15) is 43.9 Å². The Balaban J connectivity index is 2.40. The van der Waals surface area contributed by atoms with E-state index in [-0.39, 0.29) is 16.7 Å². The fourth-order valence-electron chi connectivity index (χ4n) is 2.44. The van der Waals surface area contributed by atoms with Gasteiger partial charge in [0.2, 0.25) is 0 Å². The summed E-state index contributed by atoms with van der Waals surface area (Å²) in [6, 6.07) is 20.3. The number of hydrogen-bond acceptors (Lipinski definition) is 1. The van der Waals surface area contributed by atoms with E-state index in [1.807, 2.05) is 63.2 Å². The Kier molecular flexibility index (Phi) is 5.91. The van der Waals surface area contributed by atoms with Crippen LogP contribution < -0.4 is 4.72 Å². The van der Waals surface area contributed by atoms with Crippen molar-refractivity contribution in [3.8, 4) is 0 Å². The summed E-state index contributed by atoms with van der Waals surface area (Å²) >= 11 is 0. The van der Waals surface area contributed by atoms with Crippen molar-refractivity contribution in [2.75, 3.05) is 0 Å². The highest BCUT2D eigenvalue weighted by Crippen LogP contribution is 2.33. The van der Waals surface area contributed by atoms with Gasteiger partial charge in [-0.15, -0.1) is 6.58 Å². The Morgan fingerprint density at radius 3 is 1.87 bits per heavy atom. The maximum Gasteiger partial charge on any atom is 0.0976 e. The lowest BCUT2D eigenvalue weighted by molar-refractivity contribution is 0.566. The zero-order valence-electron chi connectivity index (χ0n) is 14.0. The van der Waals surface area contributed by atoms with Gasteiger partial charge < -0.3 is 0 Å². The van der Waals surface area contributed by atoms with Gasteiger partial charge in [0, 0.05) is 5.92 Å². The molecule has 0 heterocycles. The van der Waals surface area contributed by atoms with Gasteiger partial charge in [-0.05, 0) is 31.9 Å². The molecule has 0 bridgehead atoms. The minimum Gasteiger partial charge on any atom is -0.242 e. The summed E-state index contributed by atoms with van der Waals surface area (Å²) < 4.78 is 15.7.